The van der Waals surface area contributed by atoms with Crippen molar-refractivity contribution in [2.45, 2.75) is 25.3 Å². The van der Waals surface area contributed by atoms with Crippen LogP contribution < -0.4 is 4.90 Å². The molecule has 1 heterocycles. The third-order valence-corrected chi connectivity index (χ3v) is 3.68. The summed E-state index contributed by atoms with van der Waals surface area (Å²) in [6.07, 6.45) is 0.338. The molecular formula is C13H18BrNO. The zero-order valence-corrected chi connectivity index (χ0v) is 11.5. The van der Waals surface area contributed by atoms with Crippen molar-refractivity contribution in [2.24, 2.45) is 0 Å². The number of hydrogen-bond acceptors (Lipinski definition) is 2. The minimum atomic E-state index is 0.338. The molecule has 1 unspecified atom stereocenters. The number of hydrogen-bond donors (Lipinski definition) is 0. The quantitative estimate of drug-likeness (QED) is 0.774. The van der Waals surface area contributed by atoms with Crippen molar-refractivity contribution >= 4 is 21.6 Å². The van der Waals surface area contributed by atoms with Crippen LogP contribution in [0.1, 0.15) is 18.1 Å². The Kier molecular flexibility index (Phi) is 3.87. The largest absolute Gasteiger partial charge is 0.375 e. The maximum atomic E-state index is 5.56. The van der Waals surface area contributed by atoms with Crippen molar-refractivity contribution in [3.63, 3.8) is 0 Å². The van der Waals surface area contributed by atoms with Gasteiger partial charge in [0.15, 0.2) is 0 Å². The zero-order valence-electron chi connectivity index (χ0n) is 9.87. The molecule has 1 aromatic rings. The highest BCUT2D eigenvalue weighted by atomic mass is 79.9. The molecule has 1 aliphatic rings. The lowest BCUT2D eigenvalue weighted by Crippen LogP contribution is -2.41. The molecule has 2 rings (SSSR count). The van der Waals surface area contributed by atoms with Crippen molar-refractivity contribution in [2.75, 3.05) is 24.6 Å². The van der Waals surface area contributed by atoms with Gasteiger partial charge in [-0.2, -0.15) is 0 Å². The highest BCUT2D eigenvalue weighted by Crippen LogP contribution is 2.22. The van der Waals surface area contributed by atoms with Crippen LogP contribution in [0.25, 0.3) is 0 Å². The first-order chi connectivity index (χ1) is 7.70. The molecule has 16 heavy (non-hydrogen) atoms. The van der Waals surface area contributed by atoms with Gasteiger partial charge in [0.25, 0.3) is 0 Å². The fourth-order valence-electron chi connectivity index (χ4n) is 2.08. The third-order valence-electron chi connectivity index (χ3n) is 3.08. The van der Waals surface area contributed by atoms with Crippen LogP contribution in [0.5, 0.6) is 0 Å². The summed E-state index contributed by atoms with van der Waals surface area (Å²) in [7, 11) is 0. The number of nitrogens with zero attached hydrogens (tertiary/aromatic N) is 1. The second-order valence-electron chi connectivity index (χ2n) is 4.37. The number of anilines is 1. The van der Waals surface area contributed by atoms with Crippen LogP contribution >= 0.6 is 15.9 Å². The highest BCUT2D eigenvalue weighted by molar-refractivity contribution is 9.08. The van der Waals surface area contributed by atoms with Gasteiger partial charge in [-0.25, -0.2) is 0 Å². The van der Waals surface area contributed by atoms with Crippen LogP contribution in [0.2, 0.25) is 0 Å². The van der Waals surface area contributed by atoms with Gasteiger partial charge < -0.3 is 9.64 Å². The Hall–Kier alpha value is -0.540. The second kappa shape index (κ2) is 5.19. The lowest BCUT2D eigenvalue weighted by molar-refractivity contribution is 0.0532. The van der Waals surface area contributed by atoms with E-state index in [1.54, 1.807) is 0 Å². The molecule has 0 amide bonds. The van der Waals surface area contributed by atoms with Gasteiger partial charge in [0.1, 0.15) is 0 Å². The van der Waals surface area contributed by atoms with E-state index in [1.165, 1.54) is 16.8 Å². The monoisotopic (exact) mass is 283 g/mol. The number of benzene rings is 1. The molecule has 0 N–H and O–H groups in total. The molecule has 1 aliphatic heterocycles. The van der Waals surface area contributed by atoms with Crippen LogP contribution in [0, 0.1) is 6.92 Å². The molecule has 2 nitrogen and oxygen atoms in total. The van der Waals surface area contributed by atoms with Crippen molar-refractivity contribution in [1.82, 2.24) is 0 Å². The van der Waals surface area contributed by atoms with E-state index < -0.39 is 0 Å². The summed E-state index contributed by atoms with van der Waals surface area (Å²) in [6, 6.07) is 6.69. The fraction of sp³-hybridized carbons (Fsp3) is 0.538. The number of rotatable bonds is 2. The molecular weight excluding hydrogens is 266 g/mol. The number of ether oxygens (including phenoxy) is 1. The maximum absolute atomic E-state index is 5.56. The first-order valence-corrected chi connectivity index (χ1v) is 6.85. The SMILES string of the molecule is Cc1cc(N2CCOC(C)C2)ccc1CBr. The Balaban J connectivity index is 2.17. The van der Waals surface area contributed by atoms with Gasteiger partial charge in [-0.3, -0.25) is 0 Å². The van der Waals surface area contributed by atoms with E-state index in [1.807, 2.05) is 0 Å². The van der Waals surface area contributed by atoms with Gasteiger partial charge in [-0.1, -0.05) is 22.0 Å². The van der Waals surface area contributed by atoms with E-state index >= 15 is 0 Å². The molecule has 0 aromatic heterocycles. The van der Waals surface area contributed by atoms with E-state index in [4.69, 9.17) is 4.74 Å². The molecule has 0 saturated carbocycles. The molecule has 0 bridgehead atoms. The third kappa shape index (κ3) is 2.58. The average Bonchev–Trinajstić information content (AvgIpc) is 2.29. The van der Waals surface area contributed by atoms with Crippen LogP contribution in [0.15, 0.2) is 18.2 Å². The van der Waals surface area contributed by atoms with Gasteiger partial charge in [0.05, 0.1) is 12.7 Å². The summed E-state index contributed by atoms with van der Waals surface area (Å²) in [6.45, 7) is 7.13. The Labute approximate surface area is 106 Å². The maximum Gasteiger partial charge on any atom is 0.0722 e. The number of halogens is 1. The number of morpholine rings is 1. The van der Waals surface area contributed by atoms with Gasteiger partial charge in [-0.05, 0) is 37.1 Å². The van der Waals surface area contributed by atoms with Gasteiger partial charge >= 0.3 is 0 Å². The summed E-state index contributed by atoms with van der Waals surface area (Å²) in [4.78, 5) is 2.40. The molecule has 1 fully saturated rings. The predicted octanol–water partition coefficient (Wildman–Crippen LogP) is 3.12. The summed E-state index contributed by atoms with van der Waals surface area (Å²) < 4.78 is 5.56. The van der Waals surface area contributed by atoms with Crippen LogP contribution in [0.3, 0.4) is 0 Å². The first-order valence-electron chi connectivity index (χ1n) is 5.72. The van der Waals surface area contributed by atoms with E-state index in [9.17, 15) is 0 Å². The van der Waals surface area contributed by atoms with E-state index in [0.717, 1.165) is 25.0 Å². The zero-order chi connectivity index (χ0) is 11.5. The van der Waals surface area contributed by atoms with Crippen molar-refractivity contribution in [3.8, 4) is 0 Å². The van der Waals surface area contributed by atoms with E-state index in [-0.39, 0.29) is 0 Å². The summed E-state index contributed by atoms with van der Waals surface area (Å²) >= 11 is 3.50. The lowest BCUT2D eigenvalue weighted by Gasteiger charge is -2.33. The minimum absolute atomic E-state index is 0.338. The topological polar surface area (TPSA) is 12.5 Å². The molecule has 0 aliphatic carbocycles. The molecule has 0 radical (unpaired) electrons. The van der Waals surface area contributed by atoms with Crippen molar-refractivity contribution in [1.29, 1.82) is 0 Å². The van der Waals surface area contributed by atoms with Crippen molar-refractivity contribution in [3.05, 3.63) is 29.3 Å². The van der Waals surface area contributed by atoms with E-state index in [2.05, 4.69) is 52.9 Å². The van der Waals surface area contributed by atoms with Crippen molar-refractivity contribution < 1.29 is 4.74 Å². The number of aryl methyl sites for hydroxylation is 1. The standard InChI is InChI=1S/C13H18BrNO/c1-10-7-13(4-3-12(10)8-14)15-5-6-16-11(2)9-15/h3-4,7,11H,5-6,8-9H2,1-2H3. The van der Waals surface area contributed by atoms with Crippen LogP contribution in [-0.2, 0) is 10.1 Å². The minimum Gasteiger partial charge on any atom is -0.375 e. The normalized spacial score (nSPS) is 21.2. The summed E-state index contributed by atoms with van der Waals surface area (Å²) in [5.74, 6) is 0. The first kappa shape index (κ1) is 11.9. The van der Waals surface area contributed by atoms with Crippen LogP contribution in [-0.4, -0.2) is 25.8 Å². The van der Waals surface area contributed by atoms with Gasteiger partial charge in [-0.15, -0.1) is 0 Å². The Morgan fingerprint density at radius 3 is 2.94 bits per heavy atom. The molecule has 1 atom stereocenters. The Morgan fingerprint density at radius 2 is 2.31 bits per heavy atom. The predicted molar refractivity (Wildman–Crippen MR) is 71.4 cm³/mol. The summed E-state index contributed by atoms with van der Waals surface area (Å²) in [5.41, 5.74) is 4.04. The van der Waals surface area contributed by atoms with Gasteiger partial charge in [0, 0.05) is 24.1 Å². The Bertz CT molecular complexity index is 367. The Morgan fingerprint density at radius 1 is 1.50 bits per heavy atom. The number of alkyl halides is 1. The second-order valence-corrected chi connectivity index (χ2v) is 4.93. The lowest BCUT2D eigenvalue weighted by atomic mass is 10.1. The molecule has 1 saturated heterocycles. The summed E-state index contributed by atoms with van der Waals surface area (Å²) in [5, 5.41) is 0.929. The van der Waals surface area contributed by atoms with E-state index in [0.29, 0.717) is 6.10 Å². The molecule has 1 aromatic carbocycles. The highest BCUT2D eigenvalue weighted by Gasteiger charge is 2.17. The molecule has 3 heteroatoms. The fourth-order valence-corrected chi connectivity index (χ4v) is 2.71. The average molecular weight is 284 g/mol. The smallest absolute Gasteiger partial charge is 0.0722 e. The molecule has 0 spiro atoms. The van der Waals surface area contributed by atoms with Gasteiger partial charge in [0.2, 0.25) is 0 Å². The van der Waals surface area contributed by atoms with Crippen LogP contribution in [0.4, 0.5) is 5.69 Å². The molecule has 88 valence electrons.